The van der Waals surface area contributed by atoms with Crippen molar-refractivity contribution in [3.05, 3.63) is 82.7 Å². The molecule has 1 fully saturated rings. The Kier molecular flexibility index (Phi) is 11.9. The third-order valence-corrected chi connectivity index (χ3v) is 7.30. The topological polar surface area (TPSA) is 148 Å². The van der Waals surface area contributed by atoms with Crippen molar-refractivity contribution in [3.8, 4) is 23.0 Å². The number of carbonyl (C=O) groups is 4. The van der Waals surface area contributed by atoms with Crippen molar-refractivity contribution in [2.45, 2.75) is 25.3 Å². The van der Waals surface area contributed by atoms with Crippen LogP contribution in [0.25, 0.3) is 0 Å². The Morgan fingerprint density at radius 2 is 1.47 bits per heavy atom. The lowest BCUT2D eigenvalue weighted by molar-refractivity contribution is -0.192. The Hall–Kier alpha value is -5.37. The van der Waals surface area contributed by atoms with Gasteiger partial charge in [0.2, 0.25) is 0 Å². The highest BCUT2D eigenvalue weighted by Gasteiger charge is 2.27. The Bertz CT molecular complexity index is 1570. The van der Waals surface area contributed by atoms with Gasteiger partial charge in [-0.3, -0.25) is 9.59 Å². The molecule has 14 heteroatoms. The summed E-state index contributed by atoms with van der Waals surface area (Å²) in [5.41, 5.74) is -0.0420. The van der Waals surface area contributed by atoms with Gasteiger partial charge in [0.15, 0.2) is 24.1 Å². The molecule has 0 spiro atoms. The third kappa shape index (κ3) is 8.67. The van der Waals surface area contributed by atoms with Gasteiger partial charge in [-0.15, -0.1) is 0 Å². The predicted octanol–water partition coefficient (Wildman–Crippen LogP) is 4.56. The fraction of sp³-hybridized carbons (Fsp3) is 0.333. The lowest BCUT2D eigenvalue weighted by atomic mass is 10.00. The van der Waals surface area contributed by atoms with Crippen molar-refractivity contribution in [1.29, 1.82) is 0 Å². The zero-order valence-corrected chi connectivity index (χ0v) is 26.3. The maximum atomic E-state index is 15.1. The number of nitrogens with one attached hydrogen (secondary N) is 1. The maximum absolute atomic E-state index is 15.1. The largest absolute Gasteiger partial charge is 0.497 e. The second-order valence-corrected chi connectivity index (χ2v) is 10.3. The van der Waals surface area contributed by atoms with E-state index < -0.39 is 29.7 Å². The minimum absolute atomic E-state index is 0.0361. The minimum atomic E-state index is -0.999. The van der Waals surface area contributed by atoms with Gasteiger partial charge in [0.1, 0.15) is 22.8 Å². The number of ketones is 1. The van der Waals surface area contributed by atoms with Crippen molar-refractivity contribution in [1.82, 2.24) is 10.2 Å². The number of likely N-dealkylation sites (tertiary alicyclic amines) is 1. The Morgan fingerprint density at radius 3 is 2.11 bits per heavy atom. The molecular formula is C33H35FN2O11. The number of nitrogens with zero attached hydrogens (tertiary/aromatic N) is 1. The highest BCUT2D eigenvalue weighted by atomic mass is 19.1. The van der Waals surface area contributed by atoms with Crippen LogP contribution < -0.4 is 24.3 Å². The molecule has 1 aliphatic rings. The molecule has 1 aliphatic heterocycles. The average molecular weight is 655 g/mol. The Labute approximate surface area is 270 Å². The van der Waals surface area contributed by atoms with Gasteiger partial charge in [-0.2, -0.15) is 0 Å². The zero-order valence-electron chi connectivity index (χ0n) is 26.3. The van der Waals surface area contributed by atoms with Gasteiger partial charge in [-0.05, 0) is 55.7 Å². The summed E-state index contributed by atoms with van der Waals surface area (Å²) in [4.78, 5) is 62.6. The summed E-state index contributed by atoms with van der Waals surface area (Å²) < 4.78 is 40.7. The SMILES string of the molecule is COCOc1ccc(OC)c(F)c1C(=O)c1ccc(C(=O)OOC(=O)N2CCCCC(NC(=O)c3cc(OC)cc(OC)c3)C2)cc1. The predicted molar refractivity (Wildman–Crippen MR) is 163 cm³/mol. The molecule has 13 nitrogen and oxygen atoms in total. The number of rotatable bonds is 11. The number of carbonyl (C=O) groups excluding carboxylic acids is 4. The first-order chi connectivity index (χ1) is 22.7. The summed E-state index contributed by atoms with van der Waals surface area (Å²) in [7, 11) is 5.61. The van der Waals surface area contributed by atoms with Crippen molar-refractivity contribution < 1.29 is 57.0 Å². The van der Waals surface area contributed by atoms with Crippen molar-refractivity contribution >= 4 is 23.8 Å². The molecule has 1 N–H and O–H groups in total. The van der Waals surface area contributed by atoms with Crippen molar-refractivity contribution in [2.24, 2.45) is 0 Å². The molecule has 0 radical (unpaired) electrons. The quantitative estimate of drug-likeness (QED) is 0.134. The standard InChI is InChI=1S/C33H35FN2O11/c1-41-19-45-26-12-13-27(44-4)29(34)28(26)30(37)20-8-10-21(11-9-20)32(39)46-47-33(40)36-14-6-5-7-23(18-36)35-31(38)22-15-24(42-2)17-25(16-22)43-3/h8-13,15-17,23H,5-7,14,18-19H2,1-4H3,(H,35,38). The number of halogens is 1. The van der Waals surface area contributed by atoms with E-state index in [1.807, 2.05) is 0 Å². The van der Waals surface area contributed by atoms with Gasteiger partial charge >= 0.3 is 12.1 Å². The molecule has 0 bridgehead atoms. The molecule has 0 aliphatic carbocycles. The van der Waals surface area contributed by atoms with Gasteiger partial charge in [-0.25, -0.2) is 23.8 Å². The van der Waals surface area contributed by atoms with Crippen LogP contribution in [0.1, 0.15) is 55.9 Å². The van der Waals surface area contributed by atoms with Gasteiger partial charge in [-0.1, -0.05) is 12.1 Å². The summed E-state index contributed by atoms with van der Waals surface area (Å²) in [6.45, 7) is 0.224. The molecule has 1 saturated heterocycles. The first kappa shape index (κ1) is 34.5. The number of ether oxygens (including phenoxy) is 5. The maximum Gasteiger partial charge on any atom is 0.453 e. The van der Waals surface area contributed by atoms with Crippen LogP contribution in [0.4, 0.5) is 9.18 Å². The van der Waals surface area contributed by atoms with Crippen molar-refractivity contribution in [2.75, 3.05) is 48.3 Å². The Morgan fingerprint density at radius 1 is 0.809 bits per heavy atom. The number of benzene rings is 3. The number of hydrogen-bond donors (Lipinski definition) is 1. The lowest BCUT2D eigenvalue weighted by Crippen LogP contribution is -2.45. The Balaban J connectivity index is 1.36. The van der Waals surface area contributed by atoms with Crippen molar-refractivity contribution in [3.63, 3.8) is 0 Å². The summed E-state index contributed by atoms with van der Waals surface area (Å²) >= 11 is 0. The molecule has 1 heterocycles. The number of methoxy groups -OCH3 is 4. The highest BCUT2D eigenvalue weighted by molar-refractivity contribution is 6.11. The second-order valence-electron chi connectivity index (χ2n) is 10.3. The van der Waals surface area contributed by atoms with E-state index in [0.717, 1.165) is 6.42 Å². The highest BCUT2D eigenvalue weighted by Crippen LogP contribution is 2.31. The molecule has 0 saturated carbocycles. The fourth-order valence-electron chi connectivity index (χ4n) is 4.86. The van der Waals surface area contributed by atoms with E-state index >= 15 is 4.39 Å². The minimum Gasteiger partial charge on any atom is -0.497 e. The van der Waals surface area contributed by atoms with E-state index in [0.29, 0.717) is 36.4 Å². The summed E-state index contributed by atoms with van der Waals surface area (Å²) in [6, 6.07) is 12.2. The van der Waals surface area contributed by atoms with Crippen LogP contribution >= 0.6 is 0 Å². The van der Waals surface area contributed by atoms with E-state index in [1.165, 1.54) is 69.7 Å². The van der Waals surface area contributed by atoms with Crippen LogP contribution in [-0.4, -0.2) is 83.0 Å². The summed E-state index contributed by atoms with van der Waals surface area (Å²) in [5.74, 6) is -2.32. The number of amides is 2. The molecule has 1 atom stereocenters. The van der Waals surface area contributed by atoms with Gasteiger partial charge in [0, 0.05) is 43.4 Å². The average Bonchev–Trinajstić information content (AvgIpc) is 3.34. The van der Waals surface area contributed by atoms with Crippen LogP contribution in [0, 0.1) is 5.82 Å². The van der Waals surface area contributed by atoms with Crippen LogP contribution in [0.3, 0.4) is 0 Å². The van der Waals surface area contributed by atoms with Crippen LogP contribution in [0.5, 0.6) is 23.0 Å². The zero-order chi connectivity index (χ0) is 33.9. The van der Waals surface area contributed by atoms with Gasteiger partial charge < -0.3 is 33.9 Å². The number of hydrogen-bond acceptors (Lipinski definition) is 11. The van der Waals surface area contributed by atoms with Crippen LogP contribution in [-0.2, 0) is 14.5 Å². The molecule has 250 valence electrons. The molecule has 2 amide bonds. The molecule has 3 aromatic rings. The fourth-order valence-corrected chi connectivity index (χ4v) is 4.86. The van der Waals surface area contributed by atoms with E-state index in [1.54, 1.807) is 18.2 Å². The normalized spacial score (nSPS) is 14.3. The second kappa shape index (κ2) is 16.3. The smallest absolute Gasteiger partial charge is 0.453 e. The molecule has 47 heavy (non-hydrogen) atoms. The molecule has 4 rings (SSSR count). The van der Waals surface area contributed by atoms with Gasteiger partial charge in [0.25, 0.3) is 5.91 Å². The third-order valence-electron chi connectivity index (χ3n) is 7.30. The van der Waals surface area contributed by atoms with E-state index in [9.17, 15) is 19.2 Å². The van der Waals surface area contributed by atoms with E-state index in [2.05, 4.69) is 5.32 Å². The molecule has 1 unspecified atom stereocenters. The summed E-state index contributed by atoms with van der Waals surface area (Å²) in [6.07, 6.45) is 1.08. The first-order valence-corrected chi connectivity index (χ1v) is 14.5. The van der Waals surface area contributed by atoms with Gasteiger partial charge in [0.05, 0.1) is 26.9 Å². The monoisotopic (exact) mass is 654 g/mol. The molecular weight excluding hydrogens is 619 g/mol. The molecule has 3 aromatic carbocycles. The lowest BCUT2D eigenvalue weighted by Gasteiger charge is -2.23. The van der Waals surface area contributed by atoms with Crippen LogP contribution in [0.2, 0.25) is 0 Å². The summed E-state index contributed by atoms with van der Waals surface area (Å²) in [5, 5.41) is 2.92. The van der Waals surface area contributed by atoms with Crippen LogP contribution in [0.15, 0.2) is 54.6 Å². The molecule has 0 aromatic heterocycles. The first-order valence-electron chi connectivity index (χ1n) is 14.5. The van der Waals surface area contributed by atoms with E-state index in [4.69, 9.17) is 33.5 Å². The van der Waals surface area contributed by atoms with E-state index in [-0.39, 0.29) is 47.4 Å².